The molecule has 100 valence electrons. The maximum Gasteiger partial charge on any atom is 0.0783 e. The van der Waals surface area contributed by atoms with Crippen LogP contribution >= 0.6 is 11.8 Å². The number of thioether (sulfide) groups is 1. The van der Waals surface area contributed by atoms with Gasteiger partial charge in [0.05, 0.1) is 18.3 Å². The molecule has 2 fully saturated rings. The summed E-state index contributed by atoms with van der Waals surface area (Å²) in [6.07, 6.45) is 2.91. The molecule has 4 heteroatoms. The second kappa shape index (κ2) is 5.91. The minimum atomic E-state index is -0.249. The van der Waals surface area contributed by atoms with Gasteiger partial charge < -0.3 is 14.6 Å². The standard InChI is InChI=1S/C13H24O3S/c1-10(8-15-2)12(14)11-3-5-16-13(7-11)4-6-17-9-13/h10-12,14H,3-9H2,1-2H3. The van der Waals surface area contributed by atoms with E-state index in [1.54, 1.807) is 7.11 Å². The highest BCUT2D eigenvalue weighted by Gasteiger charge is 2.42. The lowest BCUT2D eigenvalue weighted by molar-refractivity contribution is -0.111. The maximum absolute atomic E-state index is 10.4. The average Bonchev–Trinajstić information content (AvgIpc) is 2.76. The van der Waals surface area contributed by atoms with E-state index in [4.69, 9.17) is 9.47 Å². The van der Waals surface area contributed by atoms with Crippen LogP contribution in [0, 0.1) is 11.8 Å². The van der Waals surface area contributed by atoms with E-state index in [-0.39, 0.29) is 17.6 Å². The minimum absolute atomic E-state index is 0.0708. The molecule has 1 spiro atoms. The molecule has 3 nitrogen and oxygen atoms in total. The summed E-state index contributed by atoms with van der Waals surface area (Å²) < 4.78 is 11.1. The zero-order valence-corrected chi connectivity index (χ0v) is 11.7. The Morgan fingerprint density at radius 2 is 2.41 bits per heavy atom. The number of aliphatic hydroxyl groups excluding tert-OH is 1. The van der Waals surface area contributed by atoms with Gasteiger partial charge >= 0.3 is 0 Å². The topological polar surface area (TPSA) is 38.7 Å². The third-order valence-electron chi connectivity index (χ3n) is 4.09. The van der Waals surface area contributed by atoms with Crippen molar-refractivity contribution in [3.63, 3.8) is 0 Å². The van der Waals surface area contributed by atoms with Gasteiger partial charge in [0, 0.05) is 25.4 Å². The summed E-state index contributed by atoms with van der Waals surface area (Å²) in [5.74, 6) is 2.91. The van der Waals surface area contributed by atoms with Crippen LogP contribution < -0.4 is 0 Å². The van der Waals surface area contributed by atoms with Crippen LogP contribution in [0.1, 0.15) is 26.2 Å². The summed E-state index contributed by atoms with van der Waals surface area (Å²) >= 11 is 1.98. The van der Waals surface area contributed by atoms with E-state index in [9.17, 15) is 5.11 Å². The third-order valence-corrected chi connectivity index (χ3v) is 5.32. The molecule has 2 aliphatic rings. The highest BCUT2D eigenvalue weighted by molar-refractivity contribution is 7.99. The molecule has 4 unspecified atom stereocenters. The van der Waals surface area contributed by atoms with Crippen LogP contribution in [0.15, 0.2) is 0 Å². The monoisotopic (exact) mass is 260 g/mol. The molecule has 0 aromatic rings. The Balaban J connectivity index is 1.92. The van der Waals surface area contributed by atoms with Crippen molar-refractivity contribution in [3.8, 4) is 0 Å². The highest BCUT2D eigenvalue weighted by Crippen LogP contribution is 2.42. The van der Waals surface area contributed by atoms with Gasteiger partial charge in [0.15, 0.2) is 0 Å². The molecule has 0 amide bonds. The number of aliphatic hydroxyl groups is 1. The number of hydrogen-bond donors (Lipinski definition) is 1. The van der Waals surface area contributed by atoms with Crippen LogP contribution in [0.25, 0.3) is 0 Å². The molecule has 0 aromatic heterocycles. The van der Waals surface area contributed by atoms with Crippen LogP contribution in [0.2, 0.25) is 0 Å². The molecule has 1 N–H and O–H groups in total. The second-order valence-corrected chi connectivity index (χ2v) is 6.62. The van der Waals surface area contributed by atoms with Crippen molar-refractivity contribution in [2.45, 2.75) is 37.9 Å². The number of hydrogen-bond acceptors (Lipinski definition) is 4. The lowest BCUT2D eigenvalue weighted by Gasteiger charge is -2.40. The van der Waals surface area contributed by atoms with E-state index in [1.807, 2.05) is 11.8 Å². The highest BCUT2D eigenvalue weighted by atomic mass is 32.2. The lowest BCUT2D eigenvalue weighted by atomic mass is 9.79. The zero-order chi connectivity index (χ0) is 12.3. The van der Waals surface area contributed by atoms with Crippen LogP contribution in [0.3, 0.4) is 0 Å². The third kappa shape index (κ3) is 3.16. The van der Waals surface area contributed by atoms with E-state index in [0.717, 1.165) is 31.6 Å². The van der Waals surface area contributed by atoms with Crippen LogP contribution in [0.5, 0.6) is 0 Å². The fraction of sp³-hybridized carbons (Fsp3) is 1.00. The first-order valence-electron chi connectivity index (χ1n) is 6.55. The van der Waals surface area contributed by atoms with Crippen molar-refractivity contribution in [2.24, 2.45) is 11.8 Å². The van der Waals surface area contributed by atoms with Crippen LogP contribution in [-0.4, -0.2) is 48.6 Å². The van der Waals surface area contributed by atoms with Crippen molar-refractivity contribution in [1.82, 2.24) is 0 Å². The predicted molar refractivity (Wildman–Crippen MR) is 70.4 cm³/mol. The van der Waals surface area contributed by atoms with E-state index in [0.29, 0.717) is 12.5 Å². The second-order valence-electron chi connectivity index (χ2n) is 5.51. The molecule has 2 aliphatic heterocycles. The number of methoxy groups -OCH3 is 1. The van der Waals surface area contributed by atoms with E-state index >= 15 is 0 Å². The van der Waals surface area contributed by atoms with Crippen molar-refractivity contribution in [1.29, 1.82) is 0 Å². The van der Waals surface area contributed by atoms with E-state index < -0.39 is 0 Å². The summed E-state index contributed by atoms with van der Waals surface area (Å²) in [6.45, 7) is 3.52. The van der Waals surface area contributed by atoms with E-state index in [2.05, 4.69) is 6.92 Å². The average molecular weight is 260 g/mol. The number of rotatable bonds is 4. The summed E-state index contributed by atoms with van der Waals surface area (Å²) in [4.78, 5) is 0. The number of ether oxygens (including phenoxy) is 2. The summed E-state index contributed by atoms with van der Waals surface area (Å²) in [7, 11) is 1.70. The van der Waals surface area contributed by atoms with Gasteiger partial charge in [-0.15, -0.1) is 0 Å². The van der Waals surface area contributed by atoms with Gasteiger partial charge in [-0.1, -0.05) is 6.92 Å². The van der Waals surface area contributed by atoms with Crippen LogP contribution in [0.4, 0.5) is 0 Å². The van der Waals surface area contributed by atoms with Crippen molar-refractivity contribution < 1.29 is 14.6 Å². The molecule has 4 atom stereocenters. The summed E-state index contributed by atoms with van der Waals surface area (Å²) in [5, 5.41) is 10.4. The lowest BCUT2D eigenvalue weighted by Crippen LogP contribution is -2.45. The van der Waals surface area contributed by atoms with Gasteiger partial charge in [-0.2, -0.15) is 11.8 Å². The van der Waals surface area contributed by atoms with Gasteiger partial charge in [-0.05, 0) is 30.9 Å². The van der Waals surface area contributed by atoms with Gasteiger partial charge in [-0.25, -0.2) is 0 Å². The molecular formula is C13H24O3S. The smallest absolute Gasteiger partial charge is 0.0783 e. The molecule has 0 bridgehead atoms. The van der Waals surface area contributed by atoms with Gasteiger partial charge in [0.2, 0.25) is 0 Å². The van der Waals surface area contributed by atoms with E-state index in [1.165, 1.54) is 5.75 Å². The fourth-order valence-electron chi connectivity index (χ4n) is 3.05. The normalized spacial score (nSPS) is 37.2. The maximum atomic E-state index is 10.4. The molecule has 0 aromatic carbocycles. The quantitative estimate of drug-likeness (QED) is 0.838. The molecule has 0 radical (unpaired) electrons. The van der Waals surface area contributed by atoms with Crippen molar-refractivity contribution in [3.05, 3.63) is 0 Å². The Morgan fingerprint density at radius 1 is 1.59 bits per heavy atom. The SMILES string of the molecule is COCC(C)C(O)C1CCOC2(CCSC2)C1. The van der Waals surface area contributed by atoms with Gasteiger partial charge in [-0.3, -0.25) is 0 Å². The van der Waals surface area contributed by atoms with Gasteiger partial charge in [0.1, 0.15) is 0 Å². The zero-order valence-electron chi connectivity index (χ0n) is 10.9. The first-order chi connectivity index (χ1) is 8.17. The Morgan fingerprint density at radius 3 is 3.06 bits per heavy atom. The summed E-state index contributed by atoms with van der Waals surface area (Å²) in [6, 6.07) is 0. The molecule has 2 rings (SSSR count). The first kappa shape index (κ1) is 13.7. The largest absolute Gasteiger partial charge is 0.392 e. The molecular weight excluding hydrogens is 236 g/mol. The molecule has 0 aliphatic carbocycles. The summed E-state index contributed by atoms with van der Waals surface area (Å²) in [5.41, 5.74) is 0.0708. The molecule has 2 heterocycles. The Hall–Kier alpha value is 0.230. The molecule has 0 saturated carbocycles. The first-order valence-corrected chi connectivity index (χ1v) is 7.71. The Labute approximate surface area is 108 Å². The molecule has 17 heavy (non-hydrogen) atoms. The Bertz CT molecular complexity index is 241. The van der Waals surface area contributed by atoms with Crippen molar-refractivity contribution >= 4 is 11.8 Å². The molecule has 2 saturated heterocycles. The van der Waals surface area contributed by atoms with Gasteiger partial charge in [0.25, 0.3) is 0 Å². The minimum Gasteiger partial charge on any atom is -0.392 e. The van der Waals surface area contributed by atoms with Crippen molar-refractivity contribution in [2.75, 3.05) is 31.8 Å². The Kier molecular flexibility index (Phi) is 4.75. The fourth-order valence-corrected chi connectivity index (χ4v) is 4.42. The predicted octanol–water partition coefficient (Wildman–Crippen LogP) is 1.93. The van der Waals surface area contributed by atoms with Crippen LogP contribution in [-0.2, 0) is 9.47 Å².